The lowest BCUT2D eigenvalue weighted by Crippen LogP contribution is -2.45. The zero-order valence-corrected chi connectivity index (χ0v) is 18.5. The molecule has 1 heterocycles. The van der Waals surface area contributed by atoms with Crippen LogP contribution >= 0.6 is 0 Å². The van der Waals surface area contributed by atoms with E-state index in [0.29, 0.717) is 12.0 Å². The van der Waals surface area contributed by atoms with Crippen LogP contribution in [0.15, 0.2) is 36.5 Å². The molecule has 1 saturated carbocycles. The summed E-state index contributed by atoms with van der Waals surface area (Å²) in [6.45, 7) is 6.08. The summed E-state index contributed by atoms with van der Waals surface area (Å²) in [5.74, 6) is -0.142. The minimum atomic E-state index is -0.524. The molecule has 2 aromatic rings. The number of aromatic nitrogens is 1. The lowest BCUT2D eigenvalue weighted by molar-refractivity contribution is -0.117. The Bertz CT molecular complexity index is 949. The van der Waals surface area contributed by atoms with Crippen molar-refractivity contribution < 1.29 is 19.8 Å². The van der Waals surface area contributed by atoms with Crippen molar-refractivity contribution in [1.29, 1.82) is 0 Å². The van der Waals surface area contributed by atoms with Crippen LogP contribution in [0.4, 0.5) is 0 Å². The van der Waals surface area contributed by atoms with Gasteiger partial charge in [-0.15, -0.1) is 0 Å². The minimum Gasteiger partial charge on any atom is -0.508 e. The first-order valence-electron chi connectivity index (χ1n) is 10.9. The number of rotatable bonds is 6. The number of aliphatic hydroxyl groups excluding tert-OH is 1. The molecular formula is C25H32N2O4. The third kappa shape index (κ3) is 6.14. The van der Waals surface area contributed by atoms with Crippen LogP contribution in [-0.4, -0.2) is 39.0 Å². The molecule has 0 spiro atoms. The number of hydrogen-bond donors (Lipinski definition) is 3. The Morgan fingerprint density at radius 3 is 2.39 bits per heavy atom. The summed E-state index contributed by atoms with van der Waals surface area (Å²) < 4.78 is 0. The Balaban J connectivity index is 1.62. The molecule has 166 valence electrons. The summed E-state index contributed by atoms with van der Waals surface area (Å²) in [6.07, 6.45) is 4.79. The summed E-state index contributed by atoms with van der Waals surface area (Å²) in [5.41, 5.74) is 2.39. The molecule has 1 aliphatic rings. The van der Waals surface area contributed by atoms with E-state index < -0.39 is 6.10 Å². The fourth-order valence-corrected chi connectivity index (χ4v) is 4.07. The molecule has 1 unspecified atom stereocenters. The van der Waals surface area contributed by atoms with Gasteiger partial charge in [-0.2, -0.15) is 0 Å². The highest BCUT2D eigenvalue weighted by Crippen LogP contribution is 2.31. The average molecular weight is 425 g/mol. The molecule has 3 N–H and O–H groups in total. The number of amides is 1. The van der Waals surface area contributed by atoms with Gasteiger partial charge in [-0.3, -0.25) is 14.6 Å². The molecule has 6 heteroatoms. The number of benzene rings is 1. The van der Waals surface area contributed by atoms with Gasteiger partial charge >= 0.3 is 0 Å². The average Bonchev–Trinajstić information content (AvgIpc) is 2.69. The van der Waals surface area contributed by atoms with Gasteiger partial charge < -0.3 is 15.5 Å². The van der Waals surface area contributed by atoms with Gasteiger partial charge in [0, 0.05) is 19.0 Å². The van der Waals surface area contributed by atoms with E-state index in [1.165, 1.54) is 6.20 Å². The lowest BCUT2D eigenvalue weighted by Gasteiger charge is -2.28. The molecule has 0 bridgehead atoms. The van der Waals surface area contributed by atoms with Gasteiger partial charge in [0.05, 0.1) is 12.1 Å². The maximum absolute atomic E-state index is 12.6. The molecule has 1 aromatic carbocycles. The normalized spacial score (nSPS) is 19.1. The number of ketones is 1. The quantitative estimate of drug-likeness (QED) is 0.659. The van der Waals surface area contributed by atoms with Gasteiger partial charge in [-0.1, -0.05) is 45.7 Å². The standard InChI is InChI=1S/C25H32N2O4/c1-25(2,3)19-9-8-16(15-23(19)30)12-18(28)13-17-10-11-26-21(14-17)24(31)27-20-6-4-5-7-22(20)29/h8-11,14-15,20,22,29-30H,4-7,12-13H2,1-3H3,(H,27,31)/t20?,22-/m0/s1. The Labute approximate surface area is 183 Å². The van der Waals surface area contributed by atoms with Crippen LogP contribution in [0.25, 0.3) is 0 Å². The van der Waals surface area contributed by atoms with Crippen LogP contribution < -0.4 is 5.32 Å². The Hall–Kier alpha value is -2.73. The summed E-state index contributed by atoms with van der Waals surface area (Å²) in [7, 11) is 0. The van der Waals surface area contributed by atoms with E-state index in [1.807, 2.05) is 32.9 Å². The van der Waals surface area contributed by atoms with Crippen LogP contribution in [-0.2, 0) is 23.1 Å². The van der Waals surface area contributed by atoms with E-state index >= 15 is 0 Å². The van der Waals surface area contributed by atoms with Crippen molar-refractivity contribution in [2.75, 3.05) is 0 Å². The van der Waals surface area contributed by atoms with Gasteiger partial charge in [0.1, 0.15) is 17.2 Å². The van der Waals surface area contributed by atoms with Crippen molar-refractivity contribution in [3.05, 3.63) is 58.9 Å². The number of Topliss-reactive ketones (excluding diaryl/α,β-unsaturated/α-hetero) is 1. The molecule has 2 atom stereocenters. The smallest absolute Gasteiger partial charge is 0.270 e. The van der Waals surface area contributed by atoms with E-state index in [4.69, 9.17) is 0 Å². The number of phenolic OH excluding ortho intramolecular Hbond substituents is 1. The first-order chi connectivity index (χ1) is 14.6. The molecule has 31 heavy (non-hydrogen) atoms. The first-order valence-corrected chi connectivity index (χ1v) is 10.9. The van der Waals surface area contributed by atoms with Crippen molar-refractivity contribution in [1.82, 2.24) is 10.3 Å². The second-order valence-corrected chi connectivity index (χ2v) is 9.47. The van der Waals surface area contributed by atoms with Crippen LogP contribution in [0.2, 0.25) is 0 Å². The number of nitrogens with zero attached hydrogens (tertiary/aromatic N) is 1. The van der Waals surface area contributed by atoms with Gasteiger partial charge in [0.25, 0.3) is 5.91 Å². The van der Waals surface area contributed by atoms with E-state index in [2.05, 4.69) is 10.3 Å². The van der Waals surface area contributed by atoms with Gasteiger partial charge in [-0.25, -0.2) is 0 Å². The predicted octanol–water partition coefficient (Wildman–Crippen LogP) is 3.47. The summed E-state index contributed by atoms with van der Waals surface area (Å²) in [5, 5.41) is 23.2. The second-order valence-electron chi connectivity index (χ2n) is 9.47. The molecule has 6 nitrogen and oxygen atoms in total. The minimum absolute atomic E-state index is 0.0110. The number of pyridine rings is 1. The molecule has 3 rings (SSSR count). The maximum atomic E-state index is 12.6. The zero-order chi connectivity index (χ0) is 22.6. The third-order valence-electron chi connectivity index (χ3n) is 5.78. The fourth-order valence-electron chi connectivity index (χ4n) is 4.07. The molecule has 1 aromatic heterocycles. The highest BCUT2D eigenvalue weighted by molar-refractivity contribution is 5.93. The molecule has 1 fully saturated rings. The first kappa shape index (κ1) is 22.9. The summed E-state index contributed by atoms with van der Waals surface area (Å²) in [6, 6.07) is 8.50. The molecule has 1 amide bonds. The van der Waals surface area contributed by atoms with Crippen molar-refractivity contribution in [3.8, 4) is 5.75 Å². The Morgan fingerprint density at radius 1 is 1.06 bits per heavy atom. The largest absolute Gasteiger partial charge is 0.508 e. The molecular weight excluding hydrogens is 392 g/mol. The SMILES string of the molecule is CC(C)(C)c1ccc(CC(=O)Cc2ccnc(C(=O)NC3CCCC[C@@H]3O)c2)cc1O. The Kier molecular flexibility index (Phi) is 7.11. The number of hydrogen-bond acceptors (Lipinski definition) is 5. The summed E-state index contributed by atoms with van der Waals surface area (Å²) in [4.78, 5) is 29.2. The molecule has 0 radical (unpaired) electrons. The second kappa shape index (κ2) is 9.60. The fraction of sp³-hybridized carbons (Fsp3) is 0.480. The van der Waals surface area contributed by atoms with Gasteiger partial charge in [0.2, 0.25) is 0 Å². The number of aliphatic hydroxyl groups is 1. The van der Waals surface area contributed by atoms with Gasteiger partial charge in [0.15, 0.2) is 0 Å². The monoisotopic (exact) mass is 424 g/mol. The topological polar surface area (TPSA) is 99.5 Å². The zero-order valence-electron chi connectivity index (χ0n) is 18.5. The van der Waals surface area contributed by atoms with Crippen LogP contribution in [0.1, 0.15) is 73.6 Å². The van der Waals surface area contributed by atoms with Crippen molar-refractivity contribution in [2.45, 2.75) is 76.9 Å². The Morgan fingerprint density at radius 2 is 1.74 bits per heavy atom. The van der Waals surface area contributed by atoms with E-state index in [9.17, 15) is 19.8 Å². The van der Waals surface area contributed by atoms with E-state index in [1.54, 1.807) is 18.2 Å². The number of carbonyl (C=O) groups is 2. The molecule has 0 aliphatic heterocycles. The van der Waals surface area contributed by atoms with Crippen molar-refractivity contribution in [2.24, 2.45) is 0 Å². The maximum Gasteiger partial charge on any atom is 0.270 e. The highest BCUT2D eigenvalue weighted by atomic mass is 16.3. The lowest BCUT2D eigenvalue weighted by atomic mass is 9.85. The predicted molar refractivity (Wildman–Crippen MR) is 119 cm³/mol. The third-order valence-corrected chi connectivity index (χ3v) is 5.78. The van der Waals surface area contributed by atoms with Crippen LogP contribution in [0.5, 0.6) is 5.75 Å². The number of nitrogens with one attached hydrogen (secondary N) is 1. The molecule has 0 saturated heterocycles. The number of carbonyl (C=O) groups excluding carboxylic acids is 2. The van der Waals surface area contributed by atoms with Crippen molar-refractivity contribution >= 4 is 11.7 Å². The van der Waals surface area contributed by atoms with Gasteiger partial charge in [-0.05, 0) is 53.1 Å². The number of phenols is 1. The highest BCUT2D eigenvalue weighted by Gasteiger charge is 2.25. The van der Waals surface area contributed by atoms with Crippen LogP contribution in [0.3, 0.4) is 0 Å². The van der Waals surface area contributed by atoms with E-state index in [-0.39, 0.29) is 47.4 Å². The van der Waals surface area contributed by atoms with Crippen molar-refractivity contribution in [3.63, 3.8) is 0 Å². The molecule has 1 aliphatic carbocycles. The number of aromatic hydroxyl groups is 1. The summed E-state index contributed by atoms with van der Waals surface area (Å²) >= 11 is 0. The van der Waals surface area contributed by atoms with E-state index in [0.717, 1.165) is 30.4 Å². The van der Waals surface area contributed by atoms with Crippen LogP contribution in [0, 0.1) is 0 Å².